The third-order valence-corrected chi connectivity index (χ3v) is 3.93. The molecule has 1 spiro atoms. The van der Waals surface area contributed by atoms with Gasteiger partial charge >= 0.3 is 5.97 Å². The van der Waals surface area contributed by atoms with Crippen LogP contribution in [0.2, 0.25) is 0 Å². The molecule has 1 aromatic rings. The van der Waals surface area contributed by atoms with E-state index in [0.717, 1.165) is 19.4 Å². The average Bonchev–Trinajstić information content (AvgIpc) is 2.87. The van der Waals surface area contributed by atoms with Crippen LogP contribution in [0.25, 0.3) is 0 Å². The van der Waals surface area contributed by atoms with Gasteiger partial charge in [-0.2, -0.15) is 0 Å². The van der Waals surface area contributed by atoms with E-state index in [-0.39, 0.29) is 17.7 Å². The summed E-state index contributed by atoms with van der Waals surface area (Å²) in [7, 11) is 0. The molecule has 3 rings (SSSR count). The zero-order valence-electron chi connectivity index (χ0n) is 11.3. The van der Waals surface area contributed by atoms with Crippen LogP contribution in [-0.4, -0.2) is 37.5 Å². The van der Waals surface area contributed by atoms with Crippen molar-refractivity contribution >= 4 is 11.7 Å². The summed E-state index contributed by atoms with van der Waals surface area (Å²) in [5.74, 6) is -0.300. The molecule has 2 fully saturated rings. The number of anilines is 1. The van der Waals surface area contributed by atoms with Gasteiger partial charge in [0.25, 0.3) is 0 Å². The molecule has 0 aromatic heterocycles. The van der Waals surface area contributed by atoms with Crippen LogP contribution in [-0.2, 0) is 14.2 Å². The lowest BCUT2D eigenvalue weighted by atomic mass is 9.91. The van der Waals surface area contributed by atoms with Gasteiger partial charge in [0.05, 0.1) is 24.4 Å². The number of hydrogen-bond donors (Lipinski definition) is 1. The number of benzene rings is 1. The topological polar surface area (TPSA) is 70.8 Å². The van der Waals surface area contributed by atoms with Gasteiger partial charge in [0.15, 0.2) is 0 Å². The molecule has 2 N–H and O–H groups in total. The minimum Gasteiger partial charge on any atom is -0.459 e. The van der Waals surface area contributed by atoms with Gasteiger partial charge in [-0.05, 0) is 24.3 Å². The number of nitrogens with two attached hydrogens (primary N) is 1. The van der Waals surface area contributed by atoms with Crippen LogP contribution in [0.1, 0.15) is 29.6 Å². The number of esters is 1. The van der Waals surface area contributed by atoms with Crippen LogP contribution in [0.3, 0.4) is 0 Å². The summed E-state index contributed by atoms with van der Waals surface area (Å²) < 4.78 is 16.8. The molecule has 2 aliphatic heterocycles. The maximum Gasteiger partial charge on any atom is 0.338 e. The van der Waals surface area contributed by atoms with E-state index in [0.29, 0.717) is 30.9 Å². The summed E-state index contributed by atoms with van der Waals surface area (Å²) in [5.41, 5.74) is 6.53. The molecule has 2 atom stereocenters. The lowest BCUT2D eigenvalue weighted by Gasteiger charge is -2.36. The van der Waals surface area contributed by atoms with Gasteiger partial charge in [0, 0.05) is 31.6 Å². The van der Waals surface area contributed by atoms with Gasteiger partial charge in [-0.25, -0.2) is 4.79 Å². The van der Waals surface area contributed by atoms with Crippen LogP contribution in [0.15, 0.2) is 24.3 Å². The summed E-state index contributed by atoms with van der Waals surface area (Å²) in [6.07, 6.45) is 2.23. The maximum absolute atomic E-state index is 12.1. The summed E-state index contributed by atoms with van der Waals surface area (Å²) >= 11 is 0. The fraction of sp³-hybridized carbons (Fsp3) is 0.533. The van der Waals surface area contributed by atoms with E-state index in [4.69, 9.17) is 19.9 Å². The molecule has 5 nitrogen and oxygen atoms in total. The minimum atomic E-state index is -0.300. The van der Waals surface area contributed by atoms with Crippen molar-refractivity contribution in [2.24, 2.45) is 0 Å². The SMILES string of the molecule is Nc1ccc(C(=O)OC2CCOC3(CCOC3)C2)cc1. The first-order valence-corrected chi connectivity index (χ1v) is 6.95. The van der Waals surface area contributed by atoms with Crippen LogP contribution in [0.4, 0.5) is 5.69 Å². The summed E-state index contributed by atoms with van der Waals surface area (Å²) in [4.78, 5) is 12.1. The highest BCUT2D eigenvalue weighted by atomic mass is 16.6. The quantitative estimate of drug-likeness (QED) is 0.659. The Labute approximate surface area is 118 Å². The fourth-order valence-electron chi connectivity index (χ4n) is 2.79. The predicted molar refractivity (Wildman–Crippen MR) is 73.4 cm³/mol. The zero-order chi connectivity index (χ0) is 14.0. The second-order valence-electron chi connectivity index (χ2n) is 5.48. The van der Waals surface area contributed by atoms with Gasteiger partial charge in [-0.15, -0.1) is 0 Å². The van der Waals surface area contributed by atoms with Crippen molar-refractivity contribution in [2.75, 3.05) is 25.6 Å². The van der Waals surface area contributed by atoms with Crippen LogP contribution < -0.4 is 5.73 Å². The van der Waals surface area contributed by atoms with Gasteiger partial charge in [0.2, 0.25) is 0 Å². The van der Waals surface area contributed by atoms with Crippen molar-refractivity contribution in [3.63, 3.8) is 0 Å². The van der Waals surface area contributed by atoms with Crippen LogP contribution in [0, 0.1) is 0 Å². The lowest BCUT2D eigenvalue weighted by Crippen LogP contribution is -2.43. The summed E-state index contributed by atoms with van der Waals surface area (Å²) in [6, 6.07) is 6.77. The first kappa shape index (κ1) is 13.4. The standard InChI is InChI=1S/C15H19NO4/c16-12-3-1-11(2-4-12)14(17)20-13-5-7-19-15(9-13)6-8-18-10-15/h1-4,13H,5-10,16H2. The Morgan fingerprint density at radius 2 is 2.10 bits per heavy atom. The number of rotatable bonds is 2. The molecular weight excluding hydrogens is 258 g/mol. The maximum atomic E-state index is 12.1. The summed E-state index contributed by atoms with van der Waals surface area (Å²) in [5, 5.41) is 0. The highest BCUT2D eigenvalue weighted by Crippen LogP contribution is 2.34. The van der Waals surface area contributed by atoms with E-state index >= 15 is 0 Å². The van der Waals surface area contributed by atoms with Gasteiger partial charge in [0.1, 0.15) is 6.10 Å². The van der Waals surface area contributed by atoms with Gasteiger partial charge in [-0.1, -0.05) is 0 Å². The number of nitrogen functional groups attached to an aromatic ring is 1. The molecule has 5 heteroatoms. The van der Waals surface area contributed by atoms with Gasteiger partial charge in [-0.3, -0.25) is 0 Å². The van der Waals surface area contributed by atoms with Crippen molar-refractivity contribution in [1.82, 2.24) is 0 Å². The molecule has 20 heavy (non-hydrogen) atoms. The third kappa shape index (κ3) is 2.78. The summed E-state index contributed by atoms with van der Waals surface area (Å²) in [6.45, 7) is 1.94. The first-order valence-electron chi connectivity index (χ1n) is 6.95. The highest BCUT2D eigenvalue weighted by molar-refractivity contribution is 5.89. The smallest absolute Gasteiger partial charge is 0.338 e. The molecule has 108 valence electrons. The van der Waals surface area contributed by atoms with E-state index < -0.39 is 0 Å². The average molecular weight is 277 g/mol. The highest BCUT2D eigenvalue weighted by Gasteiger charge is 2.42. The number of ether oxygens (including phenoxy) is 3. The molecule has 1 aromatic carbocycles. The Balaban J connectivity index is 1.62. The number of carbonyl (C=O) groups is 1. The largest absolute Gasteiger partial charge is 0.459 e. The van der Waals surface area contributed by atoms with Crippen molar-refractivity contribution < 1.29 is 19.0 Å². The van der Waals surface area contributed by atoms with Crippen molar-refractivity contribution in [3.8, 4) is 0 Å². The van der Waals surface area contributed by atoms with E-state index in [9.17, 15) is 4.79 Å². The minimum absolute atomic E-state index is 0.101. The Morgan fingerprint density at radius 3 is 2.80 bits per heavy atom. The first-order chi connectivity index (χ1) is 9.67. The Kier molecular flexibility index (Phi) is 3.63. The second-order valence-corrected chi connectivity index (χ2v) is 5.48. The third-order valence-electron chi connectivity index (χ3n) is 3.93. The molecule has 2 saturated heterocycles. The van der Waals surface area contributed by atoms with Crippen LogP contribution in [0.5, 0.6) is 0 Å². The second kappa shape index (κ2) is 5.42. The van der Waals surface area contributed by atoms with E-state index in [2.05, 4.69) is 0 Å². The molecule has 0 aliphatic carbocycles. The molecule has 0 radical (unpaired) electrons. The molecule has 2 heterocycles. The lowest BCUT2D eigenvalue weighted by molar-refractivity contribution is -0.120. The Hall–Kier alpha value is -1.59. The normalized spacial score (nSPS) is 29.5. The number of carbonyl (C=O) groups excluding carboxylic acids is 1. The molecular formula is C15H19NO4. The van der Waals surface area contributed by atoms with Crippen molar-refractivity contribution in [2.45, 2.75) is 31.0 Å². The van der Waals surface area contributed by atoms with E-state index in [1.165, 1.54) is 0 Å². The van der Waals surface area contributed by atoms with Crippen molar-refractivity contribution in [1.29, 1.82) is 0 Å². The number of hydrogen-bond acceptors (Lipinski definition) is 5. The van der Waals surface area contributed by atoms with Crippen LogP contribution >= 0.6 is 0 Å². The van der Waals surface area contributed by atoms with E-state index in [1.807, 2.05) is 0 Å². The molecule has 0 saturated carbocycles. The monoisotopic (exact) mass is 277 g/mol. The molecule has 0 bridgehead atoms. The van der Waals surface area contributed by atoms with Gasteiger partial charge < -0.3 is 19.9 Å². The molecule has 2 aliphatic rings. The van der Waals surface area contributed by atoms with E-state index in [1.54, 1.807) is 24.3 Å². The molecule has 0 amide bonds. The Bertz CT molecular complexity index is 479. The predicted octanol–water partition coefficient (Wildman–Crippen LogP) is 1.76. The fourth-order valence-corrected chi connectivity index (χ4v) is 2.79. The Morgan fingerprint density at radius 1 is 1.30 bits per heavy atom. The zero-order valence-corrected chi connectivity index (χ0v) is 11.3. The van der Waals surface area contributed by atoms with Crippen molar-refractivity contribution in [3.05, 3.63) is 29.8 Å². The molecule has 2 unspecified atom stereocenters.